The maximum absolute atomic E-state index is 13.1. The van der Waals surface area contributed by atoms with Crippen molar-refractivity contribution in [3.63, 3.8) is 0 Å². The van der Waals surface area contributed by atoms with Crippen molar-refractivity contribution >= 4 is 105 Å². The van der Waals surface area contributed by atoms with Gasteiger partial charge in [-0.3, -0.25) is 19.2 Å². The van der Waals surface area contributed by atoms with Gasteiger partial charge in [-0.1, -0.05) is 102 Å². The molecule has 15 heteroatoms. The number of rotatable bonds is 10. The highest BCUT2D eigenvalue weighted by molar-refractivity contribution is 6.36. The Morgan fingerprint density at radius 3 is 1.40 bits per heavy atom. The van der Waals surface area contributed by atoms with E-state index in [0.29, 0.717) is 44.3 Å². The molecule has 6 amide bonds. The van der Waals surface area contributed by atoms with Gasteiger partial charge in [0.15, 0.2) is 11.6 Å². The molecule has 11 nitrogen and oxygen atoms in total. The fraction of sp³-hybridized carbons (Fsp3) is 0.244. The Bertz CT molecular complexity index is 2290. The number of aliphatic hydroxyl groups excluding tert-OH is 1. The average Bonchev–Trinajstić information content (AvgIpc) is 3.97. The number of urea groups is 2. The predicted octanol–water partition coefficient (Wildman–Crippen LogP) is 9.47. The number of fused-ring (bicyclic) bond motifs is 2. The molecule has 4 aliphatic rings. The second kappa shape index (κ2) is 18.1. The van der Waals surface area contributed by atoms with E-state index in [-0.39, 0.29) is 54.6 Å². The third-order valence-electron chi connectivity index (χ3n) is 10.8. The van der Waals surface area contributed by atoms with Crippen molar-refractivity contribution in [2.24, 2.45) is 0 Å². The van der Waals surface area contributed by atoms with E-state index in [1.165, 1.54) is 6.08 Å². The zero-order valence-corrected chi connectivity index (χ0v) is 35.3. The van der Waals surface area contributed by atoms with Crippen molar-refractivity contribution in [1.29, 1.82) is 0 Å². The largest absolute Gasteiger partial charge is 0.388 e. The monoisotopic (exact) mass is 886 g/mol. The number of aliphatic hydroxyl groups is 1. The number of carbonyl (C=O) groups is 6. The van der Waals surface area contributed by atoms with Crippen LogP contribution in [0.2, 0.25) is 20.1 Å². The number of benzene rings is 4. The second-order valence-electron chi connectivity index (χ2n) is 14.7. The molecule has 1 N–H and O–H groups in total. The molecule has 2 heterocycles. The second-order valence-corrected chi connectivity index (χ2v) is 16.4. The highest BCUT2D eigenvalue weighted by Crippen LogP contribution is 2.41. The summed E-state index contributed by atoms with van der Waals surface area (Å²) in [5, 5.41) is 10.3. The summed E-state index contributed by atoms with van der Waals surface area (Å²) >= 11 is 24.2. The van der Waals surface area contributed by atoms with Crippen molar-refractivity contribution in [2.45, 2.75) is 51.1 Å². The standard InChI is InChI=1S/C23H20Cl2N2O3.C22H18Cl2N2O4/c1-2-19(28)6-3-14-4-7-20-15(9-14)5-8-21(20)26-13-22(29)27(23(26)30)18-11-16(24)10-17(25)12-18;23-15-8-16(24)10-17(9-15)26-21(29)11-25(22(26)30)20-6-3-14-7-13(2-5-19(14)20)1-4-18(28)12-27/h3-4,6-7,9-12,21H,2,5,8,13H2,1H3;1-2,4-5,7-10,20,27H,3,6,11-12H2/b6-3+;4-1+. The summed E-state index contributed by atoms with van der Waals surface area (Å²) in [5.74, 6) is -0.912. The van der Waals surface area contributed by atoms with Gasteiger partial charge < -0.3 is 14.9 Å². The Balaban J connectivity index is 0.000000181. The number of hydrogen-bond acceptors (Lipinski definition) is 7. The van der Waals surface area contributed by atoms with Gasteiger partial charge in [0.05, 0.1) is 23.5 Å². The third-order valence-corrected chi connectivity index (χ3v) is 11.7. The van der Waals surface area contributed by atoms with E-state index in [0.717, 1.165) is 62.4 Å². The fourth-order valence-corrected chi connectivity index (χ4v) is 9.03. The van der Waals surface area contributed by atoms with Crippen LogP contribution in [0.4, 0.5) is 21.0 Å². The molecule has 308 valence electrons. The number of amides is 6. The van der Waals surface area contributed by atoms with Crippen LogP contribution in [0.25, 0.3) is 12.2 Å². The first-order chi connectivity index (χ1) is 28.7. The lowest BCUT2D eigenvalue weighted by molar-refractivity contribution is -0.117. The Kier molecular flexibility index (Phi) is 12.9. The highest BCUT2D eigenvalue weighted by Gasteiger charge is 2.44. The van der Waals surface area contributed by atoms with E-state index in [9.17, 15) is 28.8 Å². The fourth-order valence-electron chi connectivity index (χ4n) is 8.00. The molecular weight excluding hydrogens is 850 g/mol. The van der Waals surface area contributed by atoms with Crippen LogP contribution in [0.15, 0.2) is 84.9 Å². The first-order valence-electron chi connectivity index (χ1n) is 19.2. The first-order valence-corrected chi connectivity index (χ1v) is 20.7. The first kappa shape index (κ1) is 42.8. The number of aryl methyl sites for hydroxylation is 2. The molecule has 2 aliphatic heterocycles. The zero-order valence-electron chi connectivity index (χ0n) is 32.2. The van der Waals surface area contributed by atoms with Crippen molar-refractivity contribution in [1.82, 2.24) is 9.80 Å². The zero-order chi connectivity index (χ0) is 42.8. The minimum atomic E-state index is -0.525. The van der Waals surface area contributed by atoms with Gasteiger partial charge in [0.2, 0.25) is 0 Å². The van der Waals surface area contributed by atoms with Crippen LogP contribution in [0.3, 0.4) is 0 Å². The molecule has 4 aromatic rings. The molecule has 0 aromatic heterocycles. The van der Waals surface area contributed by atoms with E-state index in [4.69, 9.17) is 51.5 Å². The Morgan fingerprint density at radius 2 is 1.02 bits per heavy atom. The van der Waals surface area contributed by atoms with E-state index >= 15 is 0 Å². The van der Waals surface area contributed by atoms with Gasteiger partial charge >= 0.3 is 12.1 Å². The van der Waals surface area contributed by atoms with Gasteiger partial charge in [-0.25, -0.2) is 19.4 Å². The number of carbonyl (C=O) groups excluding carboxylic acids is 6. The summed E-state index contributed by atoms with van der Waals surface area (Å²) in [6, 6.07) is 19.9. The number of anilines is 2. The smallest absolute Gasteiger partial charge is 0.332 e. The summed E-state index contributed by atoms with van der Waals surface area (Å²) in [7, 11) is 0. The van der Waals surface area contributed by atoms with Gasteiger partial charge in [-0.2, -0.15) is 0 Å². The average molecular weight is 889 g/mol. The molecule has 0 saturated carbocycles. The maximum atomic E-state index is 13.1. The van der Waals surface area contributed by atoms with Crippen molar-refractivity contribution < 1.29 is 33.9 Å². The van der Waals surface area contributed by atoms with Gasteiger partial charge in [-0.15, -0.1) is 0 Å². The quantitative estimate of drug-likeness (QED) is 0.124. The molecule has 2 saturated heterocycles. The molecule has 4 aromatic carbocycles. The summed E-state index contributed by atoms with van der Waals surface area (Å²) in [6.45, 7) is 1.30. The van der Waals surface area contributed by atoms with Gasteiger partial charge in [0, 0.05) is 26.5 Å². The van der Waals surface area contributed by atoms with Crippen molar-refractivity contribution in [3.05, 3.63) is 138 Å². The lowest BCUT2D eigenvalue weighted by Gasteiger charge is -2.24. The summed E-state index contributed by atoms with van der Waals surface area (Å²) < 4.78 is 0. The number of halogens is 4. The van der Waals surface area contributed by atoms with E-state index < -0.39 is 12.6 Å². The van der Waals surface area contributed by atoms with E-state index in [2.05, 4.69) is 0 Å². The Morgan fingerprint density at radius 1 is 0.617 bits per heavy atom. The third kappa shape index (κ3) is 9.06. The topological polar surface area (TPSA) is 136 Å². The predicted molar refractivity (Wildman–Crippen MR) is 233 cm³/mol. The molecule has 8 rings (SSSR count). The van der Waals surface area contributed by atoms with Crippen LogP contribution < -0.4 is 9.80 Å². The minimum absolute atomic E-state index is 0.0136. The number of hydrogen-bond donors (Lipinski definition) is 1. The number of nitrogens with zero attached hydrogens (tertiary/aromatic N) is 4. The normalized spacial score (nSPS) is 18.6. The molecule has 2 aliphatic carbocycles. The van der Waals surface area contributed by atoms with Gasteiger partial charge in [0.1, 0.15) is 19.7 Å². The van der Waals surface area contributed by atoms with Gasteiger partial charge in [-0.05, 0) is 108 Å². The van der Waals surface area contributed by atoms with Crippen molar-refractivity contribution in [3.8, 4) is 0 Å². The summed E-state index contributed by atoms with van der Waals surface area (Å²) in [6.07, 6.45) is 9.90. The number of imide groups is 2. The highest BCUT2D eigenvalue weighted by atomic mass is 35.5. The SMILES string of the molecule is CCC(=O)/C=C/c1ccc2c(c1)CCC2N1CC(=O)N(c2cc(Cl)cc(Cl)c2)C1=O.O=C(/C=C/c1ccc2c(c1)CCC2N1CC(=O)N(c2cc(Cl)cc(Cl)c2)C1=O)CO. The molecule has 2 atom stereocenters. The van der Waals surface area contributed by atoms with Crippen LogP contribution in [-0.4, -0.2) is 70.0 Å². The van der Waals surface area contributed by atoms with Crippen LogP contribution >= 0.6 is 46.4 Å². The molecular formula is C45H38Cl4N4O7. The molecule has 0 spiro atoms. The van der Waals surface area contributed by atoms with Gasteiger partial charge in [0.25, 0.3) is 11.8 Å². The lowest BCUT2D eigenvalue weighted by Crippen LogP contribution is -2.34. The summed E-state index contributed by atoms with van der Waals surface area (Å²) in [5.41, 5.74) is 6.78. The van der Waals surface area contributed by atoms with Crippen LogP contribution in [0.1, 0.15) is 71.7 Å². The van der Waals surface area contributed by atoms with Crippen molar-refractivity contribution in [2.75, 3.05) is 29.5 Å². The molecule has 0 bridgehead atoms. The summed E-state index contributed by atoms with van der Waals surface area (Å²) in [4.78, 5) is 79.7. The number of ketones is 2. The maximum Gasteiger partial charge on any atom is 0.332 e. The molecule has 2 fully saturated rings. The van der Waals surface area contributed by atoms with Crippen LogP contribution in [0.5, 0.6) is 0 Å². The van der Waals surface area contributed by atoms with E-state index in [1.807, 2.05) is 49.4 Å². The molecule has 60 heavy (non-hydrogen) atoms. The Hall–Kier alpha value is -5.30. The van der Waals surface area contributed by atoms with E-state index in [1.54, 1.807) is 58.4 Å². The van der Waals surface area contributed by atoms with Crippen LogP contribution in [-0.2, 0) is 32.0 Å². The molecule has 2 unspecified atom stereocenters. The van der Waals surface area contributed by atoms with Crippen LogP contribution in [0, 0.1) is 0 Å². The lowest BCUT2D eigenvalue weighted by atomic mass is 10.0. The molecule has 0 radical (unpaired) electrons. The Labute approximate surface area is 366 Å². The minimum Gasteiger partial charge on any atom is -0.388 e. The number of allylic oxidation sites excluding steroid dienone is 1.